The minimum absolute atomic E-state index is 0.00904. The average Bonchev–Trinajstić information content (AvgIpc) is 2.35. The van der Waals surface area contributed by atoms with Crippen LogP contribution in [0.5, 0.6) is 0 Å². The van der Waals surface area contributed by atoms with Crippen LogP contribution in [0.3, 0.4) is 0 Å². The third-order valence-electron chi connectivity index (χ3n) is 3.28. The highest BCUT2D eigenvalue weighted by atomic mass is 32.2. The number of hydrogen-bond donors (Lipinski definition) is 2. The SMILES string of the molecule is CCOC1CC(NS(=O)(=O)c2ccc(S(N)(=O)=O)cc2)C1. The molecule has 0 radical (unpaired) electrons. The molecular weight excluding hydrogens is 316 g/mol. The molecule has 1 aromatic rings. The fourth-order valence-electron chi connectivity index (χ4n) is 2.13. The summed E-state index contributed by atoms with van der Waals surface area (Å²) < 4.78 is 54.4. The number of nitrogens with two attached hydrogens (primary N) is 1. The van der Waals surface area contributed by atoms with Gasteiger partial charge in [-0.2, -0.15) is 0 Å². The maximum atomic E-state index is 12.1. The average molecular weight is 334 g/mol. The fraction of sp³-hybridized carbons (Fsp3) is 0.500. The van der Waals surface area contributed by atoms with Gasteiger partial charge in [0.2, 0.25) is 20.0 Å². The third-order valence-corrected chi connectivity index (χ3v) is 5.75. The molecule has 0 aromatic heterocycles. The Hall–Kier alpha value is -1.00. The maximum Gasteiger partial charge on any atom is 0.240 e. The molecule has 0 saturated heterocycles. The van der Waals surface area contributed by atoms with E-state index in [-0.39, 0.29) is 21.9 Å². The van der Waals surface area contributed by atoms with Gasteiger partial charge in [0.1, 0.15) is 0 Å². The van der Waals surface area contributed by atoms with Crippen LogP contribution in [0.4, 0.5) is 0 Å². The van der Waals surface area contributed by atoms with E-state index in [1.807, 2.05) is 6.92 Å². The first-order chi connectivity index (χ1) is 9.72. The van der Waals surface area contributed by atoms with Crippen molar-refractivity contribution in [2.24, 2.45) is 5.14 Å². The molecule has 0 atom stereocenters. The molecular formula is C12H18N2O5S2. The maximum absolute atomic E-state index is 12.1. The molecule has 0 heterocycles. The molecule has 9 heteroatoms. The quantitative estimate of drug-likeness (QED) is 0.770. The molecule has 1 saturated carbocycles. The first kappa shape index (κ1) is 16.4. The highest BCUT2D eigenvalue weighted by Gasteiger charge is 2.33. The number of benzene rings is 1. The van der Waals surface area contributed by atoms with Gasteiger partial charge in [0.05, 0.1) is 15.9 Å². The Balaban J connectivity index is 2.04. The summed E-state index contributed by atoms with van der Waals surface area (Å²) in [5.41, 5.74) is 0. The summed E-state index contributed by atoms with van der Waals surface area (Å²) in [4.78, 5) is -0.115. The molecule has 1 aliphatic rings. The largest absolute Gasteiger partial charge is 0.378 e. The lowest BCUT2D eigenvalue weighted by atomic mass is 9.90. The van der Waals surface area contributed by atoms with Crippen molar-refractivity contribution in [1.29, 1.82) is 0 Å². The van der Waals surface area contributed by atoms with Crippen LogP contribution in [-0.4, -0.2) is 35.6 Å². The first-order valence-corrected chi connectivity index (χ1v) is 9.52. The molecule has 1 aromatic carbocycles. The molecule has 1 aliphatic carbocycles. The van der Waals surface area contributed by atoms with Crippen molar-refractivity contribution in [2.45, 2.75) is 41.7 Å². The van der Waals surface area contributed by atoms with Gasteiger partial charge in [-0.3, -0.25) is 0 Å². The molecule has 0 amide bonds. The number of rotatable bonds is 6. The van der Waals surface area contributed by atoms with Gasteiger partial charge in [-0.1, -0.05) is 0 Å². The molecule has 0 bridgehead atoms. The van der Waals surface area contributed by atoms with Crippen LogP contribution in [0.15, 0.2) is 34.1 Å². The molecule has 0 unspecified atom stereocenters. The summed E-state index contributed by atoms with van der Waals surface area (Å²) in [6.07, 6.45) is 1.39. The molecule has 0 spiro atoms. The van der Waals surface area contributed by atoms with Crippen molar-refractivity contribution in [3.05, 3.63) is 24.3 Å². The second-order valence-corrected chi connectivity index (χ2v) is 8.16. The van der Waals surface area contributed by atoms with Crippen LogP contribution in [0.25, 0.3) is 0 Å². The predicted molar refractivity (Wildman–Crippen MR) is 76.6 cm³/mol. The molecule has 1 fully saturated rings. The molecule has 0 aliphatic heterocycles. The van der Waals surface area contributed by atoms with Crippen molar-refractivity contribution >= 4 is 20.0 Å². The number of sulfonamides is 2. The van der Waals surface area contributed by atoms with Crippen LogP contribution in [0.1, 0.15) is 19.8 Å². The Bertz CT molecular complexity index is 692. The Labute approximate surface area is 124 Å². The van der Waals surface area contributed by atoms with E-state index in [1.165, 1.54) is 24.3 Å². The lowest BCUT2D eigenvalue weighted by molar-refractivity contribution is -0.00475. The molecule has 2 rings (SSSR count). The lowest BCUT2D eigenvalue weighted by Crippen LogP contribution is -2.47. The van der Waals surface area contributed by atoms with E-state index in [9.17, 15) is 16.8 Å². The highest BCUT2D eigenvalue weighted by molar-refractivity contribution is 7.89. The van der Waals surface area contributed by atoms with E-state index >= 15 is 0 Å². The van der Waals surface area contributed by atoms with Crippen molar-refractivity contribution in [3.8, 4) is 0 Å². The van der Waals surface area contributed by atoms with Gasteiger partial charge >= 0.3 is 0 Å². The van der Waals surface area contributed by atoms with Gasteiger partial charge in [0.25, 0.3) is 0 Å². The van der Waals surface area contributed by atoms with Gasteiger partial charge in [0, 0.05) is 12.6 Å². The van der Waals surface area contributed by atoms with Gasteiger partial charge in [-0.05, 0) is 44.0 Å². The summed E-state index contributed by atoms with van der Waals surface area (Å²) in [5.74, 6) is 0. The van der Waals surface area contributed by atoms with Gasteiger partial charge in [-0.15, -0.1) is 0 Å². The second-order valence-electron chi connectivity index (χ2n) is 4.88. The van der Waals surface area contributed by atoms with E-state index in [2.05, 4.69) is 4.72 Å². The van der Waals surface area contributed by atoms with E-state index in [0.717, 1.165) is 0 Å². The number of hydrogen-bond acceptors (Lipinski definition) is 5. The van der Waals surface area contributed by atoms with Crippen LogP contribution in [0.2, 0.25) is 0 Å². The Morgan fingerprint density at radius 1 is 1.14 bits per heavy atom. The zero-order chi connectivity index (χ0) is 15.7. The van der Waals surface area contributed by atoms with E-state index in [4.69, 9.17) is 9.88 Å². The van der Waals surface area contributed by atoms with Crippen LogP contribution in [0, 0.1) is 0 Å². The highest BCUT2D eigenvalue weighted by Crippen LogP contribution is 2.25. The Morgan fingerprint density at radius 3 is 2.14 bits per heavy atom. The standard InChI is InChI=1S/C12H18N2O5S2/c1-2-19-10-7-9(8-10)14-21(17,18)12-5-3-11(4-6-12)20(13,15)16/h3-6,9-10,14H,2,7-8H2,1H3,(H2,13,15,16). The van der Waals surface area contributed by atoms with Crippen LogP contribution < -0.4 is 9.86 Å². The zero-order valence-corrected chi connectivity index (χ0v) is 13.2. The smallest absolute Gasteiger partial charge is 0.240 e. The summed E-state index contributed by atoms with van der Waals surface area (Å²) in [5, 5.41) is 4.96. The number of nitrogens with one attached hydrogen (secondary N) is 1. The van der Waals surface area contributed by atoms with Gasteiger partial charge in [0.15, 0.2) is 0 Å². The molecule has 21 heavy (non-hydrogen) atoms. The van der Waals surface area contributed by atoms with Crippen LogP contribution >= 0.6 is 0 Å². The first-order valence-electron chi connectivity index (χ1n) is 6.49. The number of ether oxygens (including phenoxy) is 1. The minimum Gasteiger partial charge on any atom is -0.378 e. The molecule has 3 N–H and O–H groups in total. The Morgan fingerprint density at radius 2 is 1.67 bits per heavy atom. The summed E-state index contributed by atoms with van der Waals surface area (Å²) in [7, 11) is -7.49. The van der Waals surface area contributed by atoms with Crippen LogP contribution in [-0.2, 0) is 24.8 Å². The molecule has 118 valence electrons. The lowest BCUT2D eigenvalue weighted by Gasteiger charge is -2.35. The van der Waals surface area contributed by atoms with Crippen molar-refractivity contribution in [2.75, 3.05) is 6.61 Å². The van der Waals surface area contributed by atoms with Crippen molar-refractivity contribution in [3.63, 3.8) is 0 Å². The minimum atomic E-state index is -3.83. The fourth-order valence-corrected chi connectivity index (χ4v) is 3.91. The monoisotopic (exact) mass is 334 g/mol. The number of primary sulfonamides is 1. The normalized spacial score (nSPS) is 22.8. The van der Waals surface area contributed by atoms with Gasteiger partial charge < -0.3 is 4.74 Å². The predicted octanol–water partition coefficient (Wildman–Crippen LogP) is 0.180. The topological polar surface area (TPSA) is 116 Å². The summed E-state index contributed by atoms with van der Waals surface area (Å²) in [6, 6.07) is 4.65. The molecule has 7 nitrogen and oxygen atoms in total. The van der Waals surface area contributed by atoms with Crippen molar-refractivity contribution < 1.29 is 21.6 Å². The Kier molecular flexibility index (Phi) is 4.69. The second kappa shape index (κ2) is 6.01. The van der Waals surface area contributed by atoms with E-state index in [0.29, 0.717) is 19.4 Å². The summed E-state index contributed by atoms with van der Waals surface area (Å²) in [6.45, 7) is 2.50. The van der Waals surface area contributed by atoms with Crippen molar-refractivity contribution in [1.82, 2.24) is 4.72 Å². The zero-order valence-electron chi connectivity index (χ0n) is 11.5. The third kappa shape index (κ3) is 4.01. The summed E-state index contributed by atoms with van der Waals surface area (Å²) >= 11 is 0. The van der Waals surface area contributed by atoms with E-state index in [1.54, 1.807) is 0 Å². The van der Waals surface area contributed by atoms with Gasteiger partial charge in [-0.25, -0.2) is 26.7 Å². The van der Waals surface area contributed by atoms with E-state index < -0.39 is 20.0 Å².